The lowest BCUT2D eigenvalue weighted by atomic mass is 9.97. The molecule has 2 rings (SSSR count). The summed E-state index contributed by atoms with van der Waals surface area (Å²) in [7, 11) is 0. The Labute approximate surface area is 115 Å². The van der Waals surface area contributed by atoms with E-state index in [-0.39, 0.29) is 0 Å². The summed E-state index contributed by atoms with van der Waals surface area (Å²) in [5.41, 5.74) is 5.27. The third-order valence-electron chi connectivity index (χ3n) is 3.92. The molecule has 0 spiro atoms. The zero-order valence-electron chi connectivity index (χ0n) is 11.6. The van der Waals surface area contributed by atoms with Gasteiger partial charge in [-0.15, -0.1) is 0 Å². The molecule has 1 heterocycles. The van der Waals surface area contributed by atoms with Gasteiger partial charge < -0.3 is 10.2 Å². The number of aryl methyl sites for hydroxylation is 2. The van der Waals surface area contributed by atoms with Gasteiger partial charge in [-0.2, -0.15) is 0 Å². The zero-order valence-corrected chi connectivity index (χ0v) is 12.4. The van der Waals surface area contributed by atoms with Gasteiger partial charge in [0, 0.05) is 37.7 Å². The van der Waals surface area contributed by atoms with Gasteiger partial charge in [0.05, 0.1) is 0 Å². The molecular weight excluding hydrogens is 244 g/mol. The molecule has 3 heteroatoms. The van der Waals surface area contributed by atoms with Crippen LogP contribution in [0.4, 0.5) is 0 Å². The third-order valence-corrected chi connectivity index (χ3v) is 4.51. The molecule has 0 saturated carbocycles. The Bertz CT molecular complexity index is 423. The number of halogens is 1. The lowest BCUT2D eigenvalue weighted by Crippen LogP contribution is -2.44. The molecule has 1 N–H and O–H groups in total. The van der Waals surface area contributed by atoms with E-state index >= 15 is 0 Å². The largest absolute Gasteiger partial charge is 0.314 e. The van der Waals surface area contributed by atoms with Crippen molar-refractivity contribution in [2.24, 2.45) is 0 Å². The molecule has 1 aromatic rings. The van der Waals surface area contributed by atoms with Crippen molar-refractivity contribution >= 4 is 11.6 Å². The molecule has 1 fully saturated rings. The van der Waals surface area contributed by atoms with Crippen LogP contribution in [0.15, 0.2) is 6.07 Å². The Morgan fingerprint density at radius 2 is 1.83 bits per heavy atom. The van der Waals surface area contributed by atoms with Crippen LogP contribution in [0.2, 0.25) is 5.02 Å². The van der Waals surface area contributed by atoms with Crippen LogP contribution in [0.5, 0.6) is 0 Å². The minimum Gasteiger partial charge on any atom is -0.314 e. The average Bonchev–Trinajstić information content (AvgIpc) is 2.37. The number of hydrogen-bond acceptors (Lipinski definition) is 2. The Balaban J connectivity index is 2.06. The standard InChI is InChI=1S/C15H23ClN2/c1-11-10-12(2)15(16)13(3)14(11)4-7-18-8-5-17-6-9-18/h10,17H,4-9H2,1-3H3. The van der Waals surface area contributed by atoms with Crippen molar-refractivity contribution in [2.45, 2.75) is 27.2 Å². The summed E-state index contributed by atoms with van der Waals surface area (Å²) in [5.74, 6) is 0. The number of nitrogens with zero attached hydrogens (tertiary/aromatic N) is 1. The predicted octanol–water partition coefficient (Wildman–Crippen LogP) is 2.71. The topological polar surface area (TPSA) is 15.3 Å². The Morgan fingerprint density at radius 3 is 2.50 bits per heavy atom. The van der Waals surface area contributed by atoms with Gasteiger partial charge in [0.1, 0.15) is 0 Å². The van der Waals surface area contributed by atoms with Crippen molar-refractivity contribution < 1.29 is 0 Å². The van der Waals surface area contributed by atoms with Crippen LogP contribution in [0.1, 0.15) is 22.3 Å². The van der Waals surface area contributed by atoms with Crippen LogP contribution >= 0.6 is 11.6 Å². The van der Waals surface area contributed by atoms with E-state index in [0.717, 1.165) is 44.2 Å². The molecule has 0 unspecified atom stereocenters. The zero-order chi connectivity index (χ0) is 13.1. The lowest BCUT2D eigenvalue weighted by Gasteiger charge is -2.27. The predicted molar refractivity (Wildman–Crippen MR) is 78.7 cm³/mol. The second kappa shape index (κ2) is 6.05. The molecule has 0 aliphatic carbocycles. The minimum absolute atomic E-state index is 0.941. The normalized spacial score (nSPS) is 17.1. The molecule has 0 aromatic heterocycles. The van der Waals surface area contributed by atoms with Gasteiger partial charge in [0.25, 0.3) is 0 Å². The molecule has 100 valence electrons. The SMILES string of the molecule is Cc1cc(C)c(CCN2CCNCC2)c(C)c1Cl. The smallest absolute Gasteiger partial charge is 0.0467 e. The second-order valence-electron chi connectivity index (χ2n) is 5.27. The quantitative estimate of drug-likeness (QED) is 0.905. The molecule has 0 bridgehead atoms. The number of piperazine rings is 1. The molecule has 1 aliphatic heterocycles. The maximum Gasteiger partial charge on any atom is 0.0467 e. The maximum absolute atomic E-state index is 6.35. The van der Waals surface area contributed by atoms with Gasteiger partial charge in [-0.25, -0.2) is 0 Å². The van der Waals surface area contributed by atoms with Crippen molar-refractivity contribution in [3.05, 3.63) is 33.3 Å². The molecule has 0 amide bonds. The summed E-state index contributed by atoms with van der Waals surface area (Å²) in [5, 5.41) is 4.33. The number of nitrogens with one attached hydrogen (secondary N) is 1. The highest BCUT2D eigenvalue weighted by atomic mass is 35.5. The summed E-state index contributed by atoms with van der Waals surface area (Å²) >= 11 is 6.35. The molecule has 1 aromatic carbocycles. The number of benzene rings is 1. The first-order valence-electron chi connectivity index (χ1n) is 6.78. The van der Waals surface area contributed by atoms with Gasteiger partial charge in [-0.05, 0) is 49.4 Å². The molecule has 0 radical (unpaired) electrons. The first-order valence-corrected chi connectivity index (χ1v) is 7.15. The van der Waals surface area contributed by atoms with Crippen LogP contribution < -0.4 is 5.32 Å². The summed E-state index contributed by atoms with van der Waals surface area (Å²) < 4.78 is 0. The highest BCUT2D eigenvalue weighted by Crippen LogP contribution is 2.26. The van der Waals surface area contributed by atoms with E-state index in [9.17, 15) is 0 Å². The van der Waals surface area contributed by atoms with Crippen LogP contribution in [-0.4, -0.2) is 37.6 Å². The number of hydrogen-bond donors (Lipinski definition) is 1. The van der Waals surface area contributed by atoms with Gasteiger partial charge in [0.2, 0.25) is 0 Å². The van der Waals surface area contributed by atoms with E-state index < -0.39 is 0 Å². The van der Waals surface area contributed by atoms with Crippen LogP contribution in [0, 0.1) is 20.8 Å². The van der Waals surface area contributed by atoms with Gasteiger partial charge >= 0.3 is 0 Å². The molecule has 1 saturated heterocycles. The number of rotatable bonds is 3. The van der Waals surface area contributed by atoms with E-state index in [1.807, 2.05) is 0 Å². The van der Waals surface area contributed by atoms with E-state index in [0.29, 0.717) is 0 Å². The van der Waals surface area contributed by atoms with Gasteiger partial charge in [-0.1, -0.05) is 17.7 Å². The van der Waals surface area contributed by atoms with Crippen molar-refractivity contribution in [1.82, 2.24) is 10.2 Å². The van der Waals surface area contributed by atoms with Crippen molar-refractivity contribution in [3.63, 3.8) is 0 Å². The Kier molecular flexibility index (Phi) is 4.66. The Hall–Kier alpha value is -0.570. The fourth-order valence-electron chi connectivity index (χ4n) is 2.79. The highest BCUT2D eigenvalue weighted by Gasteiger charge is 2.13. The van der Waals surface area contributed by atoms with Crippen LogP contribution in [0.3, 0.4) is 0 Å². The molecule has 2 nitrogen and oxygen atoms in total. The Morgan fingerprint density at radius 1 is 1.17 bits per heavy atom. The molecule has 18 heavy (non-hydrogen) atoms. The van der Waals surface area contributed by atoms with Gasteiger partial charge in [-0.3, -0.25) is 0 Å². The van der Waals surface area contributed by atoms with E-state index in [4.69, 9.17) is 11.6 Å². The summed E-state index contributed by atoms with van der Waals surface area (Å²) in [6.07, 6.45) is 1.11. The lowest BCUT2D eigenvalue weighted by molar-refractivity contribution is 0.243. The first-order chi connectivity index (χ1) is 8.59. The molecule has 0 atom stereocenters. The summed E-state index contributed by atoms with van der Waals surface area (Å²) in [6, 6.07) is 2.21. The van der Waals surface area contributed by atoms with E-state index in [1.54, 1.807) is 0 Å². The fourth-order valence-corrected chi connectivity index (χ4v) is 2.96. The highest BCUT2D eigenvalue weighted by molar-refractivity contribution is 6.32. The third kappa shape index (κ3) is 3.05. The molecular formula is C15H23ClN2. The van der Waals surface area contributed by atoms with Gasteiger partial charge in [0.15, 0.2) is 0 Å². The van der Waals surface area contributed by atoms with Crippen molar-refractivity contribution in [2.75, 3.05) is 32.7 Å². The first kappa shape index (κ1) is 13.9. The van der Waals surface area contributed by atoms with E-state index in [1.165, 1.54) is 22.3 Å². The van der Waals surface area contributed by atoms with Crippen molar-refractivity contribution in [1.29, 1.82) is 0 Å². The minimum atomic E-state index is 0.941. The summed E-state index contributed by atoms with van der Waals surface area (Å²) in [6.45, 7) is 12.1. The fraction of sp³-hybridized carbons (Fsp3) is 0.600. The molecule has 1 aliphatic rings. The summed E-state index contributed by atoms with van der Waals surface area (Å²) in [4.78, 5) is 2.53. The van der Waals surface area contributed by atoms with Crippen LogP contribution in [0.25, 0.3) is 0 Å². The monoisotopic (exact) mass is 266 g/mol. The second-order valence-corrected chi connectivity index (χ2v) is 5.65. The average molecular weight is 267 g/mol. The maximum atomic E-state index is 6.35. The van der Waals surface area contributed by atoms with Crippen LogP contribution in [-0.2, 0) is 6.42 Å². The van der Waals surface area contributed by atoms with Crippen molar-refractivity contribution in [3.8, 4) is 0 Å². The van der Waals surface area contributed by atoms with E-state index in [2.05, 4.69) is 37.1 Å².